The maximum Gasteiger partial charge on any atom is 0.408 e. The highest BCUT2D eigenvalue weighted by atomic mass is 16.6. The number of nitrogens with one attached hydrogen (secondary N) is 1. The first-order valence-electron chi connectivity index (χ1n) is 7.10. The molecule has 1 atom stereocenters. The monoisotopic (exact) mass is 309 g/mol. The summed E-state index contributed by atoms with van der Waals surface area (Å²) in [7, 11) is 0. The Labute approximate surface area is 130 Å². The molecule has 0 aliphatic rings. The van der Waals surface area contributed by atoms with Crippen LogP contribution in [0.25, 0.3) is 0 Å². The normalized spacial score (nSPS) is 12.4. The Balaban J connectivity index is 2.37. The van der Waals surface area contributed by atoms with Crippen LogP contribution in [0.1, 0.15) is 26.3 Å². The molecular formula is C16H23NO5. The van der Waals surface area contributed by atoms with Gasteiger partial charge in [0.1, 0.15) is 12.2 Å². The second kappa shape index (κ2) is 8.38. The predicted molar refractivity (Wildman–Crippen MR) is 81.3 cm³/mol. The van der Waals surface area contributed by atoms with E-state index in [4.69, 9.17) is 9.47 Å². The summed E-state index contributed by atoms with van der Waals surface area (Å²) >= 11 is 0. The lowest BCUT2D eigenvalue weighted by atomic mass is 10.2. The van der Waals surface area contributed by atoms with E-state index in [9.17, 15) is 14.7 Å². The maximum atomic E-state index is 11.7. The van der Waals surface area contributed by atoms with Gasteiger partial charge in [0.15, 0.2) is 0 Å². The number of esters is 1. The molecule has 1 rings (SSSR count). The predicted octanol–water partition coefficient (Wildman–Crippen LogP) is 1.66. The summed E-state index contributed by atoms with van der Waals surface area (Å²) in [5.74, 6) is -0.421. The first-order chi connectivity index (χ1) is 10.3. The zero-order valence-electron chi connectivity index (χ0n) is 13.2. The number of ether oxygens (including phenoxy) is 2. The summed E-state index contributed by atoms with van der Waals surface area (Å²) in [5, 5.41) is 11.7. The number of carbonyl (C=O) groups is 2. The van der Waals surface area contributed by atoms with Crippen molar-refractivity contribution in [3.05, 3.63) is 35.9 Å². The Bertz CT molecular complexity index is 481. The Morgan fingerprint density at radius 3 is 2.41 bits per heavy atom. The van der Waals surface area contributed by atoms with Crippen molar-refractivity contribution in [2.24, 2.45) is 0 Å². The molecule has 0 heterocycles. The molecule has 0 radical (unpaired) electrons. The van der Waals surface area contributed by atoms with Crippen LogP contribution in [0.4, 0.5) is 4.79 Å². The van der Waals surface area contributed by atoms with Gasteiger partial charge in [0, 0.05) is 0 Å². The van der Waals surface area contributed by atoms with Crippen LogP contribution in [0.2, 0.25) is 0 Å². The maximum absolute atomic E-state index is 11.7. The number of benzene rings is 1. The van der Waals surface area contributed by atoms with Crippen molar-refractivity contribution in [1.82, 2.24) is 5.32 Å². The number of alkyl carbamates (subject to hydrolysis) is 1. The van der Waals surface area contributed by atoms with Gasteiger partial charge in [-0.2, -0.15) is 0 Å². The highest BCUT2D eigenvalue weighted by Gasteiger charge is 2.20. The van der Waals surface area contributed by atoms with Gasteiger partial charge in [0.05, 0.1) is 19.1 Å². The molecule has 0 fully saturated rings. The second-order valence-electron chi connectivity index (χ2n) is 5.87. The molecule has 0 aromatic heterocycles. The van der Waals surface area contributed by atoms with Crippen molar-refractivity contribution in [3.63, 3.8) is 0 Å². The average Bonchev–Trinajstić information content (AvgIpc) is 2.42. The van der Waals surface area contributed by atoms with Gasteiger partial charge in [0.25, 0.3) is 0 Å². The van der Waals surface area contributed by atoms with E-state index in [1.54, 1.807) is 20.8 Å². The smallest absolute Gasteiger partial charge is 0.408 e. The molecule has 0 bridgehead atoms. The first-order valence-corrected chi connectivity index (χ1v) is 7.10. The molecule has 0 spiro atoms. The van der Waals surface area contributed by atoms with Gasteiger partial charge in [-0.3, -0.25) is 4.79 Å². The average molecular weight is 309 g/mol. The summed E-state index contributed by atoms with van der Waals surface area (Å²) in [6, 6.07) is 8.48. The number of aliphatic hydroxyl groups is 1. The fourth-order valence-electron chi connectivity index (χ4n) is 1.62. The molecule has 1 aromatic carbocycles. The molecule has 0 aliphatic carbocycles. The number of rotatable bonds is 6. The molecule has 2 N–H and O–H groups in total. The minimum atomic E-state index is -0.699. The van der Waals surface area contributed by atoms with Gasteiger partial charge in [-0.15, -0.1) is 0 Å². The molecule has 0 saturated heterocycles. The minimum absolute atomic E-state index is 0.110. The lowest BCUT2D eigenvalue weighted by molar-refractivity contribution is -0.143. The van der Waals surface area contributed by atoms with Crippen LogP contribution in [0.3, 0.4) is 0 Å². The Hall–Kier alpha value is -2.08. The summed E-state index contributed by atoms with van der Waals surface area (Å²) < 4.78 is 10.1. The van der Waals surface area contributed by atoms with E-state index in [1.807, 2.05) is 30.3 Å². The van der Waals surface area contributed by atoms with Gasteiger partial charge in [-0.05, 0) is 26.3 Å². The van der Waals surface area contributed by atoms with Crippen molar-refractivity contribution in [2.75, 3.05) is 13.2 Å². The largest absolute Gasteiger partial charge is 0.463 e. The van der Waals surface area contributed by atoms with E-state index < -0.39 is 23.7 Å². The van der Waals surface area contributed by atoms with Crippen molar-refractivity contribution in [3.8, 4) is 0 Å². The summed E-state index contributed by atoms with van der Waals surface area (Å²) in [5.41, 5.74) is 0.210. The molecule has 6 nitrogen and oxygen atoms in total. The molecule has 122 valence electrons. The first kappa shape index (κ1) is 18.0. The number of carbonyl (C=O) groups excluding carboxylic acids is 2. The van der Waals surface area contributed by atoms with Crippen molar-refractivity contribution >= 4 is 12.1 Å². The third-order valence-corrected chi connectivity index (χ3v) is 2.58. The highest BCUT2D eigenvalue weighted by molar-refractivity contribution is 5.72. The van der Waals surface area contributed by atoms with Gasteiger partial charge >= 0.3 is 12.1 Å². The molecule has 1 unspecified atom stereocenters. The Kier molecular flexibility index (Phi) is 6.85. The number of amides is 1. The van der Waals surface area contributed by atoms with Crippen LogP contribution in [0, 0.1) is 0 Å². The molecule has 22 heavy (non-hydrogen) atoms. The fraction of sp³-hybridized carbons (Fsp3) is 0.500. The van der Waals surface area contributed by atoms with E-state index in [1.165, 1.54) is 0 Å². The minimum Gasteiger partial charge on any atom is -0.463 e. The van der Waals surface area contributed by atoms with E-state index >= 15 is 0 Å². The summed E-state index contributed by atoms with van der Waals surface area (Å²) in [6.07, 6.45) is -0.517. The zero-order valence-corrected chi connectivity index (χ0v) is 13.2. The lowest BCUT2D eigenvalue weighted by Gasteiger charge is -2.22. The quantitative estimate of drug-likeness (QED) is 0.781. The lowest BCUT2D eigenvalue weighted by Crippen LogP contribution is -2.44. The van der Waals surface area contributed by atoms with Crippen molar-refractivity contribution in [1.29, 1.82) is 0 Å². The summed E-state index contributed by atoms with van der Waals surface area (Å²) in [6.45, 7) is 4.75. The molecule has 1 amide bonds. The van der Waals surface area contributed by atoms with Crippen LogP contribution in [0.15, 0.2) is 30.3 Å². The van der Waals surface area contributed by atoms with E-state index in [-0.39, 0.29) is 19.6 Å². The number of hydrogen-bond acceptors (Lipinski definition) is 5. The van der Waals surface area contributed by atoms with Gasteiger partial charge in [-0.25, -0.2) is 4.79 Å². The van der Waals surface area contributed by atoms with E-state index in [0.717, 1.165) is 5.56 Å². The van der Waals surface area contributed by atoms with E-state index in [0.29, 0.717) is 0 Å². The van der Waals surface area contributed by atoms with Gasteiger partial charge in [0.2, 0.25) is 0 Å². The Morgan fingerprint density at radius 1 is 1.23 bits per heavy atom. The number of hydrogen-bond donors (Lipinski definition) is 2. The van der Waals surface area contributed by atoms with Crippen LogP contribution >= 0.6 is 0 Å². The van der Waals surface area contributed by atoms with Crippen molar-refractivity contribution in [2.45, 2.75) is 38.8 Å². The Morgan fingerprint density at radius 2 is 1.86 bits per heavy atom. The molecule has 6 heteroatoms. The third-order valence-electron chi connectivity index (χ3n) is 2.58. The van der Waals surface area contributed by atoms with Gasteiger partial charge in [-0.1, -0.05) is 30.3 Å². The molecule has 1 aromatic rings. The molecule has 0 aliphatic heterocycles. The zero-order chi connectivity index (χ0) is 16.6. The van der Waals surface area contributed by atoms with Gasteiger partial charge < -0.3 is 19.9 Å². The summed E-state index contributed by atoms with van der Waals surface area (Å²) in [4.78, 5) is 23.3. The van der Waals surface area contributed by atoms with Crippen LogP contribution < -0.4 is 5.32 Å². The van der Waals surface area contributed by atoms with Crippen LogP contribution in [-0.4, -0.2) is 42.0 Å². The number of aliphatic hydroxyl groups excluding tert-OH is 1. The second-order valence-corrected chi connectivity index (χ2v) is 5.87. The topological polar surface area (TPSA) is 84.9 Å². The molecular weight excluding hydrogens is 286 g/mol. The fourth-order valence-corrected chi connectivity index (χ4v) is 1.62. The third kappa shape index (κ3) is 7.64. The van der Waals surface area contributed by atoms with Crippen LogP contribution in [-0.2, 0) is 20.7 Å². The standard InChI is InChI=1S/C16H23NO5/c1-16(2,3)22-15(20)17-13(10-18)11-21-14(19)9-12-7-5-4-6-8-12/h4-8,13,18H,9-11H2,1-3H3,(H,17,20). The van der Waals surface area contributed by atoms with Crippen LogP contribution in [0.5, 0.6) is 0 Å². The van der Waals surface area contributed by atoms with Crippen molar-refractivity contribution < 1.29 is 24.2 Å². The van der Waals surface area contributed by atoms with E-state index in [2.05, 4.69) is 5.32 Å². The highest BCUT2D eigenvalue weighted by Crippen LogP contribution is 2.07. The molecule has 0 saturated carbocycles. The SMILES string of the molecule is CC(C)(C)OC(=O)NC(CO)COC(=O)Cc1ccccc1.